The molecule has 0 unspecified atom stereocenters. The molecular formula is C67H50BN3OS. The molecule has 0 amide bonds. The summed E-state index contributed by atoms with van der Waals surface area (Å²) in [7, 11) is 0. The molecule has 4 aliphatic rings. The number of hydrogen-bond donors (Lipinski definition) is 0. The van der Waals surface area contributed by atoms with Gasteiger partial charge in [-0.25, -0.2) is 0 Å². The molecule has 0 atom stereocenters. The molecule has 4 heterocycles. The first-order valence-corrected chi connectivity index (χ1v) is 26.4. The molecule has 15 rings (SSSR count). The fourth-order valence-electron chi connectivity index (χ4n) is 12.8. The molecule has 0 saturated carbocycles. The lowest BCUT2D eigenvalue weighted by atomic mass is 9.44. The minimum absolute atomic E-state index is 0.0627. The van der Waals surface area contributed by atoms with E-state index >= 15 is 0 Å². The molecule has 0 radical (unpaired) electrons. The molecule has 0 spiro atoms. The largest absolute Gasteiger partial charge is 0.455 e. The quantitative estimate of drug-likeness (QED) is 0.160. The number of hydrogen-bond acceptors (Lipinski definition) is 4. The summed E-state index contributed by atoms with van der Waals surface area (Å²) in [5.74, 6) is 1.76. The van der Waals surface area contributed by atoms with E-state index in [1.54, 1.807) is 0 Å². The predicted molar refractivity (Wildman–Crippen MR) is 307 cm³/mol. The van der Waals surface area contributed by atoms with Crippen molar-refractivity contribution < 1.29 is 4.74 Å². The molecule has 10 aromatic carbocycles. The first-order valence-electron chi connectivity index (χ1n) is 25.5. The van der Waals surface area contributed by atoms with Gasteiger partial charge in [0.1, 0.15) is 11.5 Å². The summed E-state index contributed by atoms with van der Waals surface area (Å²) in [6, 6.07) is 78.9. The topological polar surface area (TPSA) is 20.6 Å². The maximum Gasteiger partial charge on any atom is 0.332 e. The zero-order valence-electron chi connectivity index (χ0n) is 41.4. The lowest BCUT2D eigenvalue weighted by Crippen LogP contribution is -2.58. The Morgan fingerprint density at radius 3 is 2.01 bits per heavy atom. The predicted octanol–water partition coefficient (Wildman–Crippen LogP) is 17.2. The third kappa shape index (κ3) is 6.05. The van der Waals surface area contributed by atoms with Gasteiger partial charge in [-0.2, -0.15) is 0 Å². The van der Waals surface area contributed by atoms with E-state index in [0.29, 0.717) is 0 Å². The van der Waals surface area contributed by atoms with E-state index in [2.05, 4.69) is 261 Å². The van der Waals surface area contributed by atoms with Crippen molar-refractivity contribution in [2.75, 3.05) is 9.80 Å². The van der Waals surface area contributed by atoms with Crippen LogP contribution in [0.25, 0.3) is 55.1 Å². The average Bonchev–Trinajstić information content (AvgIpc) is 3.92. The molecule has 6 heteroatoms. The van der Waals surface area contributed by atoms with Crippen LogP contribution in [0.4, 0.5) is 34.1 Å². The molecule has 0 N–H and O–H groups in total. The van der Waals surface area contributed by atoms with Gasteiger partial charge in [0.25, 0.3) is 0 Å². The van der Waals surface area contributed by atoms with Crippen molar-refractivity contribution in [1.82, 2.24) is 4.48 Å². The summed E-state index contributed by atoms with van der Waals surface area (Å²) in [5, 5.41) is 3.70. The number of aromatic nitrogens is 1. The highest BCUT2D eigenvalue weighted by Gasteiger charge is 2.50. The van der Waals surface area contributed by atoms with Crippen molar-refractivity contribution in [1.29, 1.82) is 0 Å². The van der Waals surface area contributed by atoms with Crippen molar-refractivity contribution in [2.24, 2.45) is 0 Å². The van der Waals surface area contributed by atoms with Gasteiger partial charge in [0.15, 0.2) is 0 Å². The minimum atomic E-state index is -0.343. The lowest BCUT2D eigenvalue weighted by molar-refractivity contribution is 0.455. The van der Waals surface area contributed by atoms with E-state index in [0.717, 1.165) is 44.0 Å². The standard InChI is InChI=1S/C67H50BN3OS/c1-66(2,3)43-33-35-53(49(38-43)41-21-9-6-10-22-41)70-55-40-57-59(73-58-32-20-19-31-56(58)72-57)39-52(55)68-62-50(37-42-23-15-16-28-46(42)64(62)70)47-34-36-54(69(44-24-11-7-12-25-44)45-26-13-8-14-27-45)61-60-48-29-17-18-30-51(48)67(4,5)65(60)71(68)63(47)61/h6-40H,1-5H3. The van der Waals surface area contributed by atoms with Crippen LogP contribution in [0, 0.1) is 0 Å². The highest BCUT2D eigenvalue weighted by atomic mass is 32.2. The second-order valence-electron chi connectivity index (χ2n) is 21.6. The van der Waals surface area contributed by atoms with Crippen LogP contribution in [-0.4, -0.2) is 11.3 Å². The number of rotatable bonds is 5. The summed E-state index contributed by atoms with van der Waals surface area (Å²) >= 11 is 1.81. The third-order valence-electron chi connectivity index (χ3n) is 16.1. The Morgan fingerprint density at radius 2 is 1.25 bits per heavy atom. The lowest BCUT2D eigenvalue weighted by Gasteiger charge is -2.43. The molecule has 1 aromatic heterocycles. The summed E-state index contributed by atoms with van der Waals surface area (Å²) in [6.07, 6.45) is 0. The number of nitrogens with zero attached hydrogens (tertiary/aromatic N) is 3. The van der Waals surface area contributed by atoms with Gasteiger partial charge in [-0.1, -0.05) is 186 Å². The van der Waals surface area contributed by atoms with Crippen LogP contribution < -0.4 is 25.5 Å². The first-order chi connectivity index (χ1) is 35.6. The summed E-state index contributed by atoms with van der Waals surface area (Å²) in [4.78, 5) is 7.34. The molecule has 3 aliphatic heterocycles. The van der Waals surface area contributed by atoms with Gasteiger partial charge in [0.2, 0.25) is 0 Å². The first kappa shape index (κ1) is 42.5. The van der Waals surface area contributed by atoms with Crippen molar-refractivity contribution in [2.45, 2.75) is 55.2 Å². The van der Waals surface area contributed by atoms with E-state index in [1.807, 2.05) is 11.8 Å². The maximum atomic E-state index is 7.00. The summed E-state index contributed by atoms with van der Waals surface area (Å²) in [5.41, 5.74) is 21.8. The molecule has 11 aromatic rings. The molecule has 348 valence electrons. The molecular weight excluding hydrogens is 906 g/mol. The van der Waals surface area contributed by atoms with Crippen molar-refractivity contribution in [3.63, 3.8) is 0 Å². The number of benzene rings is 10. The van der Waals surface area contributed by atoms with Crippen LogP contribution in [0.3, 0.4) is 0 Å². The van der Waals surface area contributed by atoms with Crippen LogP contribution in [0.15, 0.2) is 222 Å². The summed E-state index contributed by atoms with van der Waals surface area (Å²) < 4.78 is 9.81. The number of para-hydroxylation sites is 3. The second-order valence-corrected chi connectivity index (χ2v) is 22.7. The molecule has 0 bridgehead atoms. The zero-order chi connectivity index (χ0) is 48.9. The molecule has 73 heavy (non-hydrogen) atoms. The van der Waals surface area contributed by atoms with Crippen LogP contribution in [-0.2, 0) is 10.8 Å². The smallest absolute Gasteiger partial charge is 0.332 e. The molecule has 0 fully saturated rings. The Labute approximate surface area is 431 Å². The van der Waals surface area contributed by atoms with Gasteiger partial charge in [-0.15, -0.1) is 0 Å². The molecule has 4 nitrogen and oxygen atoms in total. The maximum absolute atomic E-state index is 7.00. The monoisotopic (exact) mass is 955 g/mol. The van der Waals surface area contributed by atoms with Crippen LogP contribution in [0.2, 0.25) is 0 Å². The van der Waals surface area contributed by atoms with E-state index in [4.69, 9.17) is 4.74 Å². The number of fused-ring (bicyclic) bond motifs is 13. The van der Waals surface area contributed by atoms with Gasteiger partial charge < -0.3 is 19.0 Å². The average molecular weight is 956 g/mol. The van der Waals surface area contributed by atoms with Gasteiger partial charge in [-0.3, -0.25) is 0 Å². The van der Waals surface area contributed by atoms with Crippen molar-refractivity contribution in [3.05, 3.63) is 229 Å². The molecule has 0 saturated heterocycles. The third-order valence-corrected chi connectivity index (χ3v) is 17.2. The van der Waals surface area contributed by atoms with E-state index in [-0.39, 0.29) is 17.7 Å². The highest BCUT2D eigenvalue weighted by molar-refractivity contribution is 7.99. The normalized spacial score (nSPS) is 14.2. The summed E-state index contributed by atoms with van der Waals surface area (Å²) in [6.45, 7) is 11.7. The van der Waals surface area contributed by atoms with Crippen LogP contribution in [0.1, 0.15) is 51.4 Å². The number of anilines is 6. The van der Waals surface area contributed by atoms with E-state index in [1.165, 1.54) is 94.2 Å². The Bertz CT molecular complexity index is 4080. The SMILES string of the molecule is CC(C)(C)c1ccc(N2c3cc4c(cc3B3c5c(cc6ccccc6c52)-c2ccc(N(c5ccccc5)c5ccccc5)c5c6c(n3c25)C(C)(C)c2ccccc2-6)Sc2ccccc2O4)c(-c2ccccc2)c1. The fourth-order valence-corrected chi connectivity index (χ4v) is 13.8. The van der Waals surface area contributed by atoms with Crippen molar-refractivity contribution in [3.8, 4) is 44.9 Å². The second kappa shape index (κ2) is 15.4. The zero-order valence-corrected chi connectivity index (χ0v) is 42.3. The van der Waals surface area contributed by atoms with Crippen LogP contribution >= 0.6 is 11.8 Å². The Morgan fingerprint density at radius 1 is 0.562 bits per heavy atom. The van der Waals surface area contributed by atoms with Gasteiger partial charge in [0.05, 0.1) is 26.9 Å². The minimum Gasteiger partial charge on any atom is -0.455 e. The van der Waals surface area contributed by atoms with E-state index in [9.17, 15) is 0 Å². The Kier molecular flexibility index (Phi) is 8.97. The van der Waals surface area contributed by atoms with Crippen molar-refractivity contribution >= 4 is 85.3 Å². The van der Waals surface area contributed by atoms with Gasteiger partial charge >= 0.3 is 6.85 Å². The Hall–Kier alpha value is -8.19. The Balaban J connectivity index is 1.12. The van der Waals surface area contributed by atoms with Gasteiger partial charge in [-0.05, 0) is 116 Å². The molecule has 1 aliphatic carbocycles. The van der Waals surface area contributed by atoms with E-state index < -0.39 is 0 Å². The van der Waals surface area contributed by atoms with Gasteiger partial charge in [0, 0.05) is 67.2 Å². The highest BCUT2D eigenvalue weighted by Crippen LogP contribution is 2.60. The number of ether oxygens (including phenoxy) is 1. The van der Waals surface area contributed by atoms with Crippen LogP contribution in [0.5, 0.6) is 11.5 Å². The fraction of sp³-hybridized carbons (Fsp3) is 0.104.